The summed E-state index contributed by atoms with van der Waals surface area (Å²) in [6.45, 7) is 4.69. The highest BCUT2D eigenvalue weighted by Gasteiger charge is 2.21. The van der Waals surface area contributed by atoms with Crippen LogP contribution in [0.1, 0.15) is 51.8 Å². The Morgan fingerprint density at radius 1 is 1.19 bits per heavy atom. The van der Waals surface area contributed by atoms with Gasteiger partial charge in [0.05, 0.1) is 11.0 Å². The molecule has 1 aliphatic carbocycles. The van der Waals surface area contributed by atoms with Gasteiger partial charge in [-0.2, -0.15) is 0 Å². The maximum atomic E-state index is 12.3. The van der Waals surface area contributed by atoms with Gasteiger partial charge < -0.3 is 15.2 Å². The van der Waals surface area contributed by atoms with Crippen molar-refractivity contribution in [1.29, 1.82) is 0 Å². The summed E-state index contributed by atoms with van der Waals surface area (Å²) in [5, 5.41) is 6.00. The van der Waals surface area contributed by atoms with E-state index in [1.807, 2.05) is 42.7 Å². The number of amides is 2. The highest BCUT2D eigenvalue weighted by atomic mass is 16.2. The van der Waals surface area contributed by atoms with E-state index in [1.54, 1.807) is 0 Å². The molecule has 0 aliphatic heterocycles. The zero-order valence-electron chi connectivity index (χ0n) is 16.3. The number of carbonyl (C=O) groups is 2. The van der Waals surface area contributed by atoms with Gasteiger partial charge in [0.1, 0.15) is 12.4 Å². The molecular formula is C21H30N4O2. The molecule has 1 fully saturated rings. The van der Waals surface area contributed by atoms with Crippen molar-refractivity contribution in [3.8, 4) is 0 Å². The molecule has 2 aromatic rings. The quantitative estimate of drug-likeness (QED) is 0.787. The van der Waals surface area contributed by atoms with E-state index in [0.29, 0.717) is 13.0 Å². The topological polar surface area (TPSA) is 76.0 Å². The fourth-order valence-electron chi connectivity index (χ4n) is 3.81. The van der Waals surface area contributed by atoms with E-state index >= 15 is 0 Å². The monoisotopic (exact) mass is 370 g/mol. The van der Waals surface area contributed by atoms with Gasteiger partial charge in [0.25, 0.3) is 0 Å². The molecule has 146 valence electrons. The van der Waals surface area contributed by atoms with Crippen molar-refractivity contribution < 1.29 is 9.59 Å². The number of hydrogen-bond donors (Lipinski definition) is 2. The zero-order valence-corrected chi connectivity index (χ0v) is 16.3. The highest BCUT2D eigenvalue weighted by molar-refractivity contribution is 5.81. The maximum Gasteiger partial charge on any atom is 0.240 e. The minimum absolute atomic E-state index is 0.0272. The van der Waals surface area contributed by atoms with E-state index in [0.717, 1.165) is 42.5 Å². The Labute approximate surface area is 160 Å². The number of hydrogen-bond acceptors (Lipinski definition) is 3. The van der Waals surface area contributed by atoms with Crippen LogP contribution in [0.3, 0.4) is 0 Å². The number of benzene rings is 1. The number of para-hydroxylation sites is 2. The number of rotatable bonds is 7. The second-order valence-electron chi connectivity index (χ2n) is 7.70. The van der Waals surface area contributed by atoms with E-state index in [4.69, 9.17) is 0 Å². The third-order valence-electron chi connectivity index (χ3n) is 5.11. The molecule has 0 unspecified atom stereocenters. The number of carbonyl (C=O) groups excluding carboxylic acids is 2. The highest BCUT2D eigenvalue weighted by Crippen LogP contribution is 2.23. The molecule has 0 spiro atoms. The van der Waals surface area contributed by atoms with Crippen LogP contribution < -0.4 is 10.6 Å². The van der Waals surface area contributed by atoms with E-state index in [1.165, 1.54) is 6.42 Å². The van der Waals surface area contributed by atoms with Crippen LogP contribution in [0, 0.1) is 5.92 Å². The smallest absolute Gasteiger partial charge is 0.240 e. The third-order valence-corrected chi connectivity index (χ3v) is 5.11. The second-order valence-corrected chi connectivity index (χ2v) is 7.70. The molecule has 2 amide bonds. The van der Waals surface area contributed by atoms with Gasteiger partial charge in [0, 0.05) is 24.9 Å². The Morgan fingerprint density at radius 3 is 2.67 bits per heavy atom. The molecule has 1 saturated carbocycles. The summed E-state index contributed by atoms with van der Waals surface area (Å²) in [6, 6.07) is 7.94. The van der Waals surface area contributed by atoms with Gasteiger partial charge in [-0.15, -0.1) is 0 Å². The number of aromatic nitrogens is 2. The minimum atomic E-state index is -0.0272. The zero-order chi connectivity index (χ0) is 19.2. The molecule has 0 radical (unpaired) electrons. The Hall–Kier alpha value is -2.37. The lowest BCUT2D eigenvalue weighted by atomic mass is 9.89. The average molecular weight is 370 g/mol. The van der Waals surface area contributed by atoms with Crippen LogP contribution in [0.4, 0.5) is 0 Å². The third kappa shape index (κ3) is 5.08. The molecule has 6 nitrogen and oxygen atoms in total. The minimum Gasteiger partial charge on any atom is -0.355 e. The van der Waals surface area contributed by atoms with Crippen molar-refractivity contribution in [2.75, 3.05) is 6.54 Å². The SMILES string of the molecule is CC(C)NC(=O)Cn1c(CCNC(=O)C2CCCCC2)nc2ccccc21. The Morgan fingerprint density at radius 2 is 1.93 bits per heavy atom. The Balaban J connectivity index is 1.66. The summed E-state index contributed by atoms with van der Waals surface area (Å²) in [7, 11) is 0. The van der Waals surface area contributed by atoms with Crippen molar-refractivity contribution in [2.45, 2.75) is 65.0 Å². The number of imidazole rings is 1. The summed E-state index contributed by atoms with van der Waals surface area (Å²) < 4.78 is 1.96. The summed E-state index contributed by atoms with van der Waals surface area (Å²) in [5.74, 6) is 1.13. The van der Waals surface area contributed by atoms with Crippen molar-refractivity contribution >= 4 is 22.8 Å². The first-order valence-electron chi connectivity index (χ1n) is 10.1. The van der Waals surface area contributed by atoms with Gasteiger partial charge in [0.15, 0.2) is 0 Å². The van der Waals surface area contributed by atoms with E-state index < -0.39 is 0 Å². The summed E-state index contributed by atoms with van der Waals surface area (Å²) in [4.78, 5) is 29.3. The molecule has 1 aromatic heterocycles. The first kappa shape index (κ1) is 19.4. The van der Waals surface area contributed by atoms with E-state index in [-0.39, 0.29) is 30.3 Å². The molecule has 0 atom stereocenters. The van der Waals surface area contributed by atoms with E-state index in [9.17, 15) is 9.59 Å². The molecule has 1 heterocycles. The number of fused-ring (bicyclic) bond motifs is 1. The predicted molar refractivity (Wildman–Crippen MR) is 106 cm³/mol. The van der Waals surface area contributed by atoms with Crippen LogP contribution in [0.5, 0.6) is 0 Å². The molecule has 3 rings (SSSR count). The molecular weight excluding hydrogens is 340 g/mol. The van der Waals surface area contributed by atoms with Gasteiger partial charge in [-0.05, 0) is 38.8 Å². The van der Waals surface area contributed by atoms with Gasteiger partial charge in [-0.3, -0.25) is 9.59 Å². The molecule has 0 saturated heterocycles. The number of nitrogens with one attached hydrogen (secondary N) is 2. The van der Waals surface area contributed by atoms with Crippen LogP contribution in [0.2, 0.25) is 0 Å². The first-order chi connectivity index (χ1) is 13.0. The first-order valence-corrected chi connectivity index (χ1v) is 10.1. The van der Waals surface area contributed by atoms with Crippen molar-refractivity contribution in [1.82, 2.24) is 20.2 Å². The summed E-state index contributed by atoms with van der Waals surface area (Å²) >= 11 is 0. The lowest BCUT2D eigenvalue weighted by Crippen LogP contribution is -2.35. The summed E-state index contributed by atoms with van der Waals surface area (Å²) in [6.07, 6.45) is 6.16. The lowest BCUT2D eigenvalue weighted by Gasteiger charge is -2.20. The fourth-order valence-corrected chi connectivity index (χ4v) is 3.81. The van der Waals surface area contributed by atoms with Gasteiger partial charge in [-0.25, -0.2) is 4.98 Å². The molecule has 1 aromatic carbocycles. The van der Waals surface area contributed by atoms with Crippen molar-refractivity contribution in [3.05, 3.63) is 30.1 Å². The predicted octanol–water partition coefficient (Wildman–Crippen LogP) is 2.80. The van der Waals surface area contributed by atoms with Gasteiger partial charge in [-0.1, -0.05) is 31.4 Å². The van der Waals surface area contributed by atoms with Crippen LogP contribution in [-0.2, 0) is 22.6 Å². The van der Waals surface area contributed by atoms with Crippen LogP contribution in [0.15, 0.2) is 24.3 Å². The van der Waals surface area contributed by atoms with Crippen LogP contribution in [0.25, 0.3) is 11.0 Å². The largest absolute Gasteiger partial charge is 0.355 e. The van der Waals surface area contributed by atoms with Crippen molar-refractivity contribution in [3.63, 3.8) is 0 Å². The van der Waals surface area contributed by atoms with Crippen molar-refractivity contribution in [2.24, 2.45) is 5.92 Å². The number of nitrogens with zero attached hydrogens (tertiary/aromatic N) is 2. The Kier molecular flexibility index (Phi) is 6.48. The summed E-state index contributed by atoms with van der Waals surface area (Å²) in [5.41, 5.74) is 1.83. The van der Waals surface area contributed by atoms with Crippen LogP contribution >= 0.6 is 0 Å². The maximum absolute atomic E-state index is 12.3. The fraction of sp³-hybridized carbons (Fsp3) is 0.571. The van der Waals surface area contributed by atoms with Gasteiger partial charge >= 0.3 is 0 Å². The average Bonchev–Trinajstić information content (AvgIpc) is 2.99. The molecule has 6 heteroatoms. The molecule has 1 aliphatic rings. The van der Waals surface area contributed by atoms with E-state index in [2.05, 4.69) is 15.6 Å². The molecule has 2 N–H and O–H groups in total. The second kappa shape index (κ2) is 9.02. The molecule has 27 heavy (non-hydrogen) atoms. The molecule has 0 bridgehead atoms. The van der Waals surface area contributed by atoms with Crippen LogP contribution in [-0.4, -0.2) is 34.0 Å². The normalized spacial score (nSPS) is 15.2. The van der Waals surface area contributed by atoms with Gasteiger partial charge in [0.2, 0.25) is 11.8 Å². The lowest BCUT2D eigenvalue weighted by molar-refractivity contribution is -0.126. The Bertz CT molecular complexity index is 791. The standard InChI is InChI=1S/C21H30N4O2/c1-15(2)23-20(26)14-25-18-11-7-6-10-17(18)24-19(25)12-13-22-21(27)16-8-4-3-5-9-16/h6-7,10-11,15-16H,3-5,8-9,12-14H2,1-2H3,(H,22,27)(H,23,26).